The molecule has 144 valence electrons. The summed E-state index contributed by atoms with van der Waals surface area (Å²) in [5.74, 6) is 1.34. The Balaban J connectivity index is 1.69. The molecule has 7 heteroatoms. The summed E-state index contributed by atoms with van der Waals surface area (Å²) in [7, 11) is 0. The van der Waals surface area contributed by atoms with E-state index in [1.807, 2.05) is 26.0 Å². The molecule has 0 unspecified atom stereocenters. The van der Waals surface area contributed by atoms with Crippen molar-refractivity contribution in [2.75, 3.05) is 35.6 Å². The summed E-state index contributed by atoms with van der Waals surface area (Å²) in [4.78, 5) is 22.8. The van der Waals surface area contributed by atoms with Crippen molar-refractivity contribution in [3.63, 3.8) is 0 Å². The molecule has 0 aliphatic carbocycles. The molecule has 1 fully saturated rings. The smallest absolute Gasteiger partial charge is 0.338 e. The van der Waals surface area contributed by atoms with Crippen LogP contribution in [0.3, 0.4) is 0 Å². The predicted octanol–water partition coefficient (Wildman–Crippen LogP) is 3.61. The highest BCUT2D eigenvalue weighted by atomic mass is 16.5. The maximum absolute atomic E-state index is 12.0. The van der Waals surface area contributed by atoms with Crippen LogP contribution >= 0.6 is 0 Å². The van der Waals surface area contributed by atoms with Crippen molar-refractivity contribution in [3.8, 4) is 0 Å². The number of nitrogens with zero attached hydrogens (tertiary/aromatic N) is 3. The van der Waals surface area contributed by atoms with Gasteiger partial charge in [0.2, 0.25) is 0 Å². The zero-order chi connectivity index (χ0) is 19.2. The summed E-state index contributed by atoms with van der Waals surface area (Å²) in [6.45, 7) is 6.35. The van der Waals surface area contributed by atoms with Crippen LogP contribution in [-0.4, -0.2) is 35.6 Å². The SMILES string of the molecule is CC(C)COC(=O)c1ccc(Nc2ncnc(N3CCCCC3)c2N)cc1. The van der Waals surface area contributed by atoms with Crippen molar-refractivity contribution in [1.82, 2.24) is 9.97 Å². The largest absolute Gasteiger partial charge is 0.462 e. The van der Waals surface area contributed by atoms with Crippen molar-refractivity contribution in [1.29, 1.82) is 0 Å². The molecule has 0 atom stereocenters. The normalized spacial score (nSPS) is 14.3. The molecule has 1 aromatic heterocycles. The molecule has 1 saturated heterocycles. The van der Waals surface area contributed by atoms with Gasteiger partial charge in [0.25, 0.3) is 0 Å². The van der Waals surface area contributed by atoms with Gasteiger partial charge in [0.15, 0.2) is 11.6 Å². The van der Waals surface area contributed by atoms with E-state index in [0.29, 0.717) is 29.6 Å². The first-order valence-corrected chi connectivity index (χ1v) is 9.44. The number of nitrogens with two attached hydrogens (primary N) is 1. The predicted molar refractivity (Wildman–Crippen MR) is 107 cm³/mol. The molecule has 0 radical (unpaired) electrons. The van der Waals surface area contributed by atoms with Gasteiger partial charge in [-0.2, -0.15) is 0 Å². The lowest BCUT2D eigenvalue weighted by Gasteiger charge is -2.28. The number of rotatable bonds is 6. The minimum absolute atomic E-state index is 0.310. The molecule has 27 heavy (non-hydrogen) atoms. The number of ether oxygens (including phenoxy) is 1. The zero-order valence-corrected chi connectivity index (χ0v) is 15.9. The fourth-order valence-electron chi connectivity index (χ4n) is 3.00. The van der Waals surface area contributed by atoms with Crippen LogP contribution < -0.4 is 16.0 Å². The van der Waals surface area contributed by atoms with Gasteiger partial charge in [0.05, 0.1) is 12.2 Å². The molecule has 0 spiro atoms. The van der Waals surface area contributed by atoms with Crippen LogP contribution in [0.4, 0.5) is 23.0 Å². The summed E-state index contributed by atoms with van der Waals surface area (Å²) in [6, 6.07) is 7.09. The molecular weight excluding hydrogens is 342 g/mol. The number of aromatic nitrogens is 2. The van der Waals surface area contributed by atoms with Crippen LogP contribution in [0.5, 0.6) is 0 Å². The number of hydrogen-bond acceptors (Lipinski definition) is 7. The quantitative estimate of drug-likeness (QED) is 0.751. The lowest BCUT2D eigenvalue weighted by Crippen LogP contribution is -2.31. The van der Waals surface area contributed by atoms with E-state index >= 15 is 0 Å². The molecule has 1 aliphatic rings. The lowest BCUT2D eigenvalue weighted by atomic mass is 10.1. The van der Waals surface area contributed by atoms with Crippen molar-refractivity contribution in [2.24, 2.45) is 5.92 Å². The molecule has 0 saturated carbocycles. The van der Waals surface area contributed by atoms with Crippen LogP contribution in [0.1, 0.15) is 43.5 Å². The van der Waals surface area contributed by atoms with Gasteiger partial charge in [0.1, 0.15) is 12.0 Å². The third kappa shape index (κ3) is 4.87. The Morgan fingerprint density at radius 2 is 1.89 bits per heavy atom. The molecule has 2 heterocycles. The fourth-order valence-corrected chi connectivity index (χ4v) is 3.00. The number of carbonyl (C=O) groups is 1. The van der Waals surface area contributed by atoms with Crippen molar-refractivity contribution in [3.05, 3.63) is 36.2 Å². The van der Waals surface area contributed by atoms with E-state index in [1.165, 1.54) is 12.7 Å². The minimum Gasteiger partial charge on any atom is -0.462 e. The molecule has 0 amide bonds. The average Bonchev–Trinajstić information content (AvgIpc) is 2.69. The summed E-state index contributed by atoms with van der Waals surface area (Å²) in [5, 5.41) is 3.21. The summed E-state index contributed by atoms with van der Waals surface area (Å²) in [6.07, 6.45) is 5.08. The Bertz CT molecular complexity index is 770. The van der Waals surface area contributed by atoms with Crippen LogP contribution in [-0.2, 0) is 4.74 Å². The molecular formula is C20H27N5O2. The molecule has 1 aliphatic heterocycles. The van der Waals surface area contributed by atoms with E-state index in [0.717, 1.165) is 37.4 Å². The highest BCUT2D eigenvalue weighted by molar-refractivity contribution is 5.90. The number of carbonyl (C=O) groups excluding carboxylic acids is 1. The topological polar surface area (TPSA) is 93.4 Å². The van der Waals surface area contributed by atoms with E-state index < -0.39 is 0 Å². The Morgan fingerprint density at radius 1 is 1.19 bits per heavy atom. The van der Waals surface area contributed by atoms with Crippen molar-refractivity contribution in [2.45, 2.75) is 33.1 Å². The third-order valence-corrected chi connectivity index (χ3v) is 4.45. The van der Waals surface area contributed by atoms with E-state index in [4.69, 9.17) is 10.5 Å². The molecule has 3 rings (SSSR count). The highest BCUT2D eigenvalue weighted by Crippen LogP contribution is 2.30. The Hall–Kier alpha value is -2.83. The zero-order valence-electron chi connectivity index (χ0n) is 15.9. The van der Waals surface area contributed by atoms with Gasteiger partial charge in [0, 0.05) is 18.8 Å². The lowest BCUT2D eigenvalue weighted by molar-refractivity contribution is 0.0459. The maximum atomic E-state index is 12.0. The summed E-state index contributed by atoms with van der Waals surface area (Å²) in [5.41, 5.74) is 8.16. The minimum atomic E-state index is -0.316. The van der Waals surface area contributed by atoms with Gasteiger partial charge < -0.3 is 20.7 Å². The number of piperidine rings is 1. The highest BCUT2D eigenvalue weighted by Gasteiger charge is 2.17. The standard InChI is InChI=1S/C20H27N5O2/c1-14(2)12-27-20(26)15-6-8-16(9-7-15)24-18-17(21)19(23-13-22-18)25-10-4-3-5-11-25/h6-9,13-14H,3-5,10-12,21H2,1-2H3,(H,22,23,24). The van der Waals surface area contributed by atoms with Gasteiger partial charge in [-0.05, 0) is 49.4 Å². The molecule has 3 N–H and O–H groups in total. The van der Waals surface area contributed by atoms with Gasteiger partial charge >= 0.3 is 5.97 Å². The fraction of sp³-hybridized carbons (Fsp3) is 0.450. The van der Waals surface area contributed by atoms with E-state index in [9.17, 15) is 4.79 Å². The van der Waals surface area contributed by atoms with Crippen LogP contribution in [0, 0.1) is 5.92 Å². The molecule has 1 aromatic carbocycles. The van der Waals surface area contributed by atoms with Gasteiger partial charge in [-0.15, -0.1) is 0 Å². The number of esters is 1. The third-order valence-electron chi connectivity index (χ3n) is 4.45. The number of nitrogens with one attached hydrogen (secondary N) is 1. The number of benzene rings is 1. The number of nitrogen functional groups attached to an aromatic ring is 1. The first-order valence-electron chi connectivity index (χ1n) is 9.44. The second kappa shape index (κ2) is 8.70. The van der Waals surface area contributed by atoms with Crippen molar-refractivity contribution < 1.29 is 9.53 Å². The number of anilines is 4. The molecule has 2 aromatic rings. The van der Waals surface area contributed by atoms with Crippen LogP contribution in [0.15, 0.2) is 30.6 Å². The first kappa shape index (κ1) is 18.9. The van der Waals surface area contributed by atoms with Crippen LogP contribution in [0.2, 0.25) is 0 Å². The molecule has 0 bridgehead atoms. The summed E-state index contributed by atoms with van der Waals surface area (Å²) < 4.78 is 5.24. The average molecular weight is 369 g/mol. The monoisotopic (exact) mass is 369 g/mol. The van der Waals surface area contributed by atoms with E-state index in [1.54, 1.807) is 12.1 Å². The Morgan fingerprint density at radius 3 is 2.56 bits per heavy atom. The number of hydrogen-bond donors (Lipinski definition) is 2. The van der Waals surface area contributed by atoms with Crippen molar-refractivity contribution >= 4 is 29.0 Å². The van der Waals surface area contributed by atoms with E-state index in [-0.39, 0.29) is 5.97 Å². The van der Waals surface area contributed by atoms with Gasteiger partial charge in [-0.3, -0.25) is 0 Å². The maximum Gasteiger partial charge on any atom is 0.338 e. The van der Waals surface area contributed by atoms with E-state index in [2.05, 4.69) is 20.2 Å². The Labute approximate surface area is 159 Å². The second-order valence-corrected chi connectivity index (χ2v) is 7.20. The Kier molecular flexibility index (Phi) is 6.11. The van der Waals surface area contributed by atoms with Crippen LogP contribution in [0.25, 0.3) is 0 Å². The van der Waals surface area contributed by atoms with Gasteiger partial charge in [-0.25, -0.2) is 14.8 Å². The molecule has 7 nitrogen and oxygen atoms in total. The van der Waals surface area contributed by atoms with Gasteiger partial charge in [-0.1, -0.05) is 13.8 Å². The summed E-state index contributed by atoms with van der Waals surface area (Å²) >= 11 is 0. The first-order chi connectivity index (χ1) is 13.0. The second-order valence-electron chi connectivity index (χ2n) is 7.20.